The summed E-state index contributed by atoms with van der Waals surface area (Å²) in [7, 11) is 1.61. The SMILES string of the molecule is CNC(=O)c1ccc(N2CCN(Cc3cc(C)c4c(c3)NC(=O)C(C)O4)CC2)nc1. The van der Waals surface area contributed by atoms with Gasteiger partial charge in [-0.15, -0.1) is 0 Å². The normalized spacial score (nSPS) is 19.0. The summed E-state index contributed by atoms with van der Waals surface area (Å²) >= 11 is 0. The van der Waals surface area contributed by atoms with Gasteiger partial charge in [-0.2, -0.15) is 0 Å². The lowest BCUT2D eigenvalue weighted by Gasteiger charge is -2.35. The van der Waals surface area contributed by atoms with Gasteiger partial charge in [0.2, 0.25) is 0 Å². The molecule has 2 N–H and O–H groups in total. The molecule has 0 bridgehead atoms. The van der Waals surface area contributed by atoms with E-state index < -0.39 is 6.10 Å². The number of amides is 2. The van der Waals surface area contributed by atoms with Crippen LogP contribution in [0.25, 0.3) is 0 Å². The molecule has 2 aromatic rings. The number of benzene rings is 1. The molecule has 3 heterocycles. The second-order valence-electron chi connectivity index (χ2n) is 7.79. The van der Waals surface area contributed by atoms with Crippen LogP contribution in [0, 0.1) is 6.92 Å². The van der Waals surface area contributed by atoms with Crippen molar-refractivity contribution in [2.24, 2.45) is 0 Å². The lowest BCUT2D eigenvalue weighted by Crippen LogP contribution is -2.46. The zero-order valence-corrected chi connectivity index (χ0v) is 17.6. The highest BCUT2D eigenvalue weighted by Crippen LogP contribution is 2.34. The molecule has 4 rings (SSSR count). The van der Waals surface area contributed by atoms with E-state index in [9.17, 15) is 9.59 Å². The topological polar surface area (TPSA) is 86.8 Å². The lowest BCUT2D eigenvalue weighted by molar-refractivity contribution is -0.122. The molecule has 1 aromatic carbocycles. The van der Waals surface area contributed by atoms with E-state index in [0.29, 0.717) is 5.56 Å². The van der Waals surface area contributed by atoms with Gasteiger partial charge in [0.15, 0.2) is 6.10 Å². The Morgan fingerprint density at radius 3 is 2.70 bits per heavy atom. The van der Waals surface area contributed by atoms with Crippen LogP contribution < -0.4 is 20.3 Å². The monoisotopic (exact) mass is 409 g/mol. The molecule has 158 valence electrons. The van der Waals surface area contributed by atoms with Crippen molar-refractivity contribution >= 4 is 23.3 Å². The first-order chi connectivity index (χ1) is 14.4. The van der Waals surface area contributed by atoms with Crippen LogP contribution in [0.1, 0.15) is 28.4 Å². The van der Waals surface area contributed by atoms with Gasteiger partial charge in [-0.25, -0.2) is 4.98 Å². The first-order valence-corrected chi connectivity index (χ1v) is 10.2. The van der Waals surface area contributed by atoms with E-state index in [1.807, 2.05) is 19.1 Å². The van der Waals surface area contributed by atoms with Gasteiger partial charge in [-0.05, 0) is 43.2 Å². The highest BCUT2D eigenvalue weighted by atomic mass is 16.5. The lowest BCUT2D eigenvalue weighted by atomic mass is 10.1. The van der Waals surface area contributed by atoms with E-state index >= 15 is 0 Å². The molecule has 2 aliphatic heterocycles. The zero-order valence-electron chi connectivity index (χ0n) is 17.6. The second kappa shape index (κ2) is 8.31. The van der Waals surface area contributed by atoms with Gasteiger partial charge in [0, 0.05) is 46.0 Å². The number of rotatable bonds is 4. The molecule has 0 saturated carbocycles. The average molecular weight is 409 g/mol. The number of carbonyl (C=O) groups is 2. The Hall–Kier alpha value is -3.13. The third kappa shape index (κ3) is 4.09. The Bertz CT molecular complexity index is 952. The molecule has 1 atom stereocenters. The molecule has 0 aliphatic carbocycles. The van der Waals surface area contributed by atoms with E-state index in [-0.39, 0.29) is 11.8 Å². The van der Waals surface area contributed by atoms with Crippen LogP contribution >= 0.6 is 0 Å². The van der Waals surface area contributed by atoms with Gasteiger partial charge in [-0.3, -0.25) is 14.5 Å². The number of ether oxygens (including phenoxy) is 1. The standard InChI is InChI=1S/C22H27N5O3/c1-14-10-16(11-18-20(14)30-15(2)21(28)25-18)13-26-6-8-27(9-7-26)19-5-4-17(12-24-19)22(29)23-3/h4-5,10-12,15H,6-9,13H2,1-3H3,(H,23,29)(H,25,28). The average Bonchev–Trinajstić information content (AvgIpc) is 2.75. The summed E-state index contributed by atoms with van der Waals surface area (Å²) in [5, 5.41) is 5.55. The number of pyridine rings is 1. The summed E-state index contributed by atoms with van der Waals surface area (Å²) in [6, 6.07) is 7.85. The number of nitrogens with zero attached hydrogens (tertiary/aromatic N) is 3. The molecule has 2 aliphatic rings. The number of hydrogen-bond donors (Lipinski definition) is 2. The van der Waals surface area contributed by atoms with Crippen molar-refractivity contribution in [2.45, 2.75) is 26.5 Å². The van der Waals surface area contributed by atoms with Crippen LogP contribution in [0.15, 0.2) is 30.5 Å². The molecule has 1 fully saturated rings. The van der Waals surface area contributed by atoms with E-state index in [0.717, 1.165) is 61.1 Å². The highest BCUT2D eigenvalue weighted by Gasteiger charge is 2.26. The van der Waals surface area contributed by atoms with Gasteiger partial charge in [0.25, 0.3) is 11.8 Å². The smallest absolute Gasteiger partial charge is 0.265 e. The maximum Gasteiger partial charge on any atom is 0.265 e. The van der Waals surface area contributed by atoms with Gasteiger partial charge in [-0.1, -0.05) is 6.07 Å². The maximum absolute atomic E-state index is 11.9. The summed E-state index contributed by atoms with van der Waals surface area (Å²) in [5.41, 5.74) is 3.51. The highest BCUT2D eigenvalue weighted by molar-refractivity contribution is 5.98. The van der Waals surface area contributed by atoms with Crippen molar-refractivity contribution in [1.82, 2.24) is 15.2 Å². The fraction of sp³-hybridized carbons (Fsp3) is 0.409. The summed E-state index contributed by atoms with van der Waals surface area (Å²) in [5.74, 6) is 1.42. The predicted molar refractivity (Wildman–Crippen MR) is 115 cm³/mol. The minimum atomic E-state index is -0.464. The van der Waals surface area contributed by atoms with Crippen LogP contribution in [0.5, 0.6) is 5.75 Å². The van der Waals surface area contributed by atoms with Crippen LogP contribution in [0.2, 0.25) is 0 Å². The Kier molecular flexibility index (Phi) is 5.59. The van der Waals surface area contributed by atoms with Crippen LogP contribution in [0.3, 0.4) is 0 Å². The zero-order chi connectivity index (χ0) is 21.3. The molecule has 1 unspecified atom stereocenters. The van der Waals surface area contributed by atoms with Crippen LogP contribution in [-0.4, -0.2) is 61.0 Å². The number of anilines is 2. The number of fused-ring (bicyclic) bond motifs is 1. The number of aromatic nitrogens is 1. The summed E-state index contributed by atoms with van der Waals surface area (Å²) in [6.07, 6.45) is 1.15. The summed E-state index contributed by atoms with van der Waals surface area (Å²) < 4.78 is 5.75. The molecule has 1 saturated heterocycles. The minimum Gasteiger partial charge on any atom is -0.478 e. The Balaban J connectivity index is 1.37. The quantitative estimate of drug-likeness (QED) is 0.801. The number of piperazine rings is 1. The summed E-state index contributed by atoms with van der Waals surface area (Å²) in [4.78, 5) is 32.7. The minimum absolute atomic E-state index is 0.109. The fourth-order valence-corrected chi connectivity index (χ4v) is 3.90. The third-order valence-electron chi connectivity index (χ3n) is 5.60. The number of aryl methyl sites for hydroxylation is 1. The Morgan fingerprint density at radius 1 is 1.27 bits per heavy atom. The van der Waals surface area contributed by atoms with E-state index in [1.165, 1.54) is 0 Å². The Morgan fingerprint density at radius 2 is 2.03 bits per heavy atom. The molecule has 8 nitrogen and oxygen atoms in total. The van der Waals surface area contributed by atoms with E-state index in [2.05, 4.69) is 31.5 Å². The first kappa shape index (κ1) is 20.2. The van der Waals surface area contributed by atoms with Crippen molar-refractivity contribution in [1.29, 1.82) is 0 Å². The summed E-state index contributed by atoms with van der Waals surface area (Å²) in [6.45, 7) is 8.14. The number of nitrogens with one attached hydrogen (secondary N) is 2. The van der Waals surface area contributed by atoms with Gasteiger partial charge < -0.3 is 20.3 Å². The molecule has 0 radical (unpaired) electrons. The molecular weight excluding hydrogens is 382 g/mol. The van der Waals surface area contributed by atoms with Crippen LogP contribution in [0.4, 0.5) is 11.5 Å². The predicted octanol–water partition coefficient (Wildman–Crippen LogP) is 1.79. The first-order valence-electron chi connectivity index (χ1n) is 10.2. The third-order valence-corrected chi connectivity index (χ3v) is 5.60. The largest absolute Gasteiger partial charge is 0.478 e. The molecule has 30 heavy (non-hydrogen) atoms. The van der Waals surface area contributed by atoms with Crippen molar-refractivity contribution in [3.63, 3.8) is 0 Å². The maximum atomic E-state index is 11.9. The Labute approximate surface area is 176 Å². The van der Waals surface area contributed by atoms with Gasteiger partial charge in [0.1, 0.15) is 11.6 Å². The van der Waals surface area contributed by atoms with Crippen molar-refractivity contribution < 1.29 is 14.3 Å². The van der Waals surface area contributed by atoms with Crippen molar-refractivity contribution in [3.05, 3.63) is 47.2 Å². The fourth-order valence-electron chi connectivity index (χ4n) is 3.90. The molecule has 0 spiro atoms. The molecule has 1 aromatic heterocycles. The van der Waals surface area contributed by atoms with Crippen LogP contribution in [-0.2, 0) is 11.3 Å². The number of hydrogen-bond acceptors (Lipinski definition) is 6. The molecule has 2 amide bonds. The van der Waals surface area contributed by atoms with Crippen molar-refractivity contribution in [2.75, 3.05) is 43.4 Å². The second-order valence-corrected chi connectivity index (χ2v) is 7.79. The van der Waals surface area contributed by atoms with E-state index in [1.54, 1.807) is 26.2 Å². The van der Waals surface area contributed by atoms with Gasteiger partial charge in [0.05, 0.1) is 11.3 Å². The van der Waals surface area contributed by atoms with E-state index in [4.69, 9.17) is 4.74 Å². The number of carbonyl (C=O) groups excluding carboxylic acids is 2. The van der Waals surface area contributed by atoms with Crippen molar-refractivity contribution in [3.8, 4) is 5.75 Å². The van der Waals surface area contributed by atoms with Gasteiger partial charge >= 0.3 is 0 Å². The molecular formula is C22H27N5O3. The molecule has 8 heteroatoms.